The standard InChI is InChI=1S/C37H48N2O8/c1-6-22-10-8-7-9-19(2)34(41)30-14-27-25-11-23(47-37(43)36(45-5)20(3)44-4)12-26(25)28-13-24(21-16-38-18-39-17-21)35(42)33(28)32(27)29(30)15-31(40)46-22/h13-14,16-19,22-23,25-29,32-33,37,43H,6-12,15H2,1-5H3/b36-20+/t19-,22+,23+,25-,26?,27+,28?,29-,32-,33?,37+/m1/s1. The van der Waals surface area contributed by atoms with E-state index in [1.807, 2.05) is 13.8 Å². The summed E-state index contributed by atoms with van der Waals surface area (Å²) >= 11 is 0. The molecule has 1 N–H and O–H groups in total. The number of allylic oxidation sites excluding steroid dienone is 5. The maximum absolute atomic E-state index is 14.5. The molecule has 11 atom stereocenters. The van der Waals surface area contributed by atoms with Crippen molar-refractivity contribution in [2.45, 2.75) is 90.6 Å². The zero-order valence-electron chi connectivity index (χ0n) is 28.1. The SMILES string of the molecule is CC[C@H]1CCCC[C@@H](C)C(=O)C2=C[C@@H]3[C@@H](C4C(=O)C(c5cncnc5)=CC4C4C[C@@H](O[C@H](O)/C(OC)=C(/C)OC)C[C@H]43)[C@@H]2CC(=O)O1. The van der Waals surface area contributed by atoms with Crippen molar-refractivity contribution in [3.8, 4) is 0 Å². The third-order valence-electron chi connectivity index (χ3n) is 11.6. The quantitative estimate of drug-likeness (QED) is 0.238. The van der Waals surface area contributed by atoms with Crippen LogP contribution in [-0.2, 0) is 33.3 Å². The molecule has 3 unspecified atom stereocenters. The van der Waals surface area contributed by atoms with Gasteiger partial charge in [-0.25, -0.2) is 9.97 Å². The summed E-state index contributed by atoms with van der Waals surface area (Å²) in [5.41, 5.74) is 1.96. The third kappa shape index (κ3) is 6.31. The molecule has 0 bridgehead atoms. The summed E-state index contributed by atoms with van der Waals surface area (Å²) in [5.74, 6) is -0.825. The fourth-order valence-corrected chi connectivity index (χ4v) is 9.37. The Balaban J connectivity index is 1.39. The fourth-order valence-electron chi connectivity index (χ4n) is 9.37. The molecule has 6 rings (SSSR count). The fraction of sp³-hybridized carbons (Fsp3) is 0.649. The molecule has 0 spiro atoms. The number of Topliss-reactive ketones (excluding diaryl/α,β-unsaturated/α-hetero) is 2. The predicted molar refractivity (Wildman–Crippen MR) is 172 cm³/mol. The normalized spacial score (nSPS) is 36.7. The predicted octanol–water partition coefficient (Wildman–Crippen LogP) is 5.22. The molecule has 1 aromatic rings. The summed E-state index contributed by atoms with van der Waals surface area (Å²) in [6.45, 7) is 5.74. The van der Waals surface area contributed by atoms with E-state index in [2.05, 4.69) is 22.1 Å². The van der Waals surface area contributed by atoms with E-state index in [9.17, 15) is 19.5 Å². The Labute approximate surface area is 277 Å². The number of rotatable bonds is 7. The van der Waals surface area contributed by atoms with Crippen LogP contribution in [0.1, 0.15) is 77.7 Å². The lowest BCUT2D eigenvalue weighted by molar-refractivity contribution is -0.152. The molecule has 2 saturated carbocycles. The molecule has 10 nitrogen and oxygen atoms in total. The van der Waals surface area contributed by atoms with Gasteiger partial charge in [0.15, 0.2) is 17.3 Å². The first-order chi connectivity index (χ1) is 22.7. The Morgan fingerprint density at radius 1 is 1.00 bits per heavy atom. The maximum atomic E-state index is 14.5. The number of hydrogen-bond acceptors (Lipinski definition) is 10. The van der Waals surface area contributed by atoms with Gasteiger partial charge in [-0.15, -0.1) is 0 Å². The van der Waals surface area contributed by atoms with Crippen molar-refractivity contribution < 1.29 is 38.4 Å². The molecule has 2 heterocycles. The van der Waals surface area contributed by atoms with E-state index in [1.165, 1.54) is 20.5 Å². The summed E-state index contributed by atoms with van der Waals surface area (Å²) in [5, 5.41) is 11.0. The van der Waals surface area contributed by atoms with E-state index in [0.29, 0.717) is 35.3 Å². The van der Waals surface area contributed by atoms with Gasteiger partial charge < -0.3 is 24.1 Å². The number of aliphatic hydroxyl groups is 1. The summed E-state index contributed by atoms with van der Waals surface area (Å²) in [6, 6.07) is 0. The van der Waals surface area contributed by atoms with Crippen molar-refractivity contribution in [1.29, 1.82) is 0 Å². The van der Waals surface area contributed by atoms with Crippen LogP contribution in [0.15, 0.2) is 48.0 Å². The second kappa shape index (κ2) is 14.0. The number of fused-ring (bicyclic) bond motifs is 8. The molecular formula is C37H48N2O8. The van der Waals surface area contributed by atoms with Crippen LogP contribution in [0.2, 0.25) is 0 Å². The lowest BCUT2D eigenvalue weighted by Crippen LogP contribution is -2.45. The molecule has 3 fully saturated rings. The number of carbonyl (C=O) groups excluding carboxylic acids is 3. The van der Waals surface area contributed by atoms with Crippen molar-refractivity contribution in [2.75, 3.05) is 14.2 Å². The van der Waals surface area contributed by atoms with Gasteiger partial charge in [-0.1, -0.05) is 32.4 Å². The van der Waals surface area contributed by atoms with Gasteiger partial charge in [-0.3, -0.25) is 14.4 Å². The van der Waals surface area contributed by atoms with Crippen LogP contribution in [0.25, 0.3) is 5.57 Å². The maximum Gasteiger partial charge on any atom is 0.306 e. The highest BCUT2D eigenvalue weighted by atomic mass is 16.6. The van der Waals surface area contributed by atoms with E-state index in [1.54, 1.807) is 19.3 Å². The van der Waals surface area contributed by atoms with Gasteiger partial charge in [-0.05, 0) is 80.6 Å². The Morgan fingerprint density at radius 2 is 1.70 bits per heavy atom. The Morgan fingerprint density at radius 3 is 2.38 bits per heavy atom. The Kier molecular flexibility index (Phi) is 9.99. The Hall–Kier alpha value is -3.37. The number of ether oxygens (including phenoxy) is 4. The van der Waals surface area contributed by atoms with Crippen LogP contribution in [0, 0.1) is 47.3 Å². The van der Waals surface area contributed by atoms with E-state index < -0.39 is 18.1 Å². The average Bonchev–Trinajstić information content (AvgIpc) is 3.75. The molecule has 0 radical (unpaired) electrons. The van der Waals surface area contributed by atoms with Crippen LogP contribution in [0.3, 0.4) is 0 Å². The van der Waals surface area contributed by atoms with Crippen LogP contribution < -0.4 is 0 Å². The highest BCUT2D eigenvalue weighted by Crippen LogP contribution is 2.63. The van der Waals surface area contributed by atoms with Crippen molar-refractivity contribution in [3.05, 3.63) is 53.5 Å². The molecule has 1 saturated heterocycles. The lowest BCUT2D eigenvalue weighted by atomic mass is 9.57. The molecule has 10 heteroatoms. The number of hydrogen-bond donors (Lipinski definition) is 1. The number of ketones is 2. The molecule has 1 aromatic heterocycles. The summed E-state index contributed by atoms with van der Waals surface area (Å²) in [7, 11) is 2.98. The summed E-state index contributed by atoms with van der Waals surface area (Å²) in [4.78, 5) is 50.6. The first-order valence-electron chi connectivity index (χ1n) is 17.3. The number of aliphatic hydroxyl groups excluding tert-OH is 1. The smallest absolute Gasteiger partial charge is 0.306 e. The number of cyclic esters (lactones) is 1. The van der Waals surface area contributed by atoms with Crippen molar-refractivity contribution in [1.82, 2.24) is 9.97 Å². The number of carbonyl (C=O) groups is 3. The molecule has 4 aliphatic carbocycles. The largest absolute Gasteiger partial charge is 0.498 e. The van der Waals surface area contributed by atoms with Crippen LogP contribution in [0.4, 0.5) is 0 Å². The third-order valence-corrected chi connectivity index (χ3v) is 11.6. The van der Waals surface area contributed by atoms with E-state index >= 15 is 0 Å². The minimum atomic E-state index is -1.31. The van der Waals surface area contributed by atoms with Gasteiger partial charge in [0.2, 0.25) is 6.29 Å². The van der Waals surface area contributed by atoms with Crippen molar-refractivity contribution in [2.24, 2.45) is 47.3 Å². The van der Waals surface area contributed by atoms with Crippen LogP contribution in [0.5, 0.6) is 0 Å². The highest BCUT2D eigenvalue weighted by Gasteiger charge is 2.62. The Bertz CT molecular complexity index is 1450. The molecular weight excluding hydrogens is 600 g/mol. The topological polar surface area (TPSA) is 134 Å². The van der Waals surface area contributed by atoms with E-state index in [0.717, 1.165) is 32.1 Å². The second-order valence-corrected chi connectivity index (χ2v) is 14.1. The van der Waals surface area contributed by atoms with Gasteiger partial charge in [0.1, 0.15) is 18.2 Å². The average molecular weight is 649 g/mol. The monoisotopic (exact) mass is 648 g/mol. The molecule has 47 heavy (non-hydrogen) atoms. The van der Waals surface area contributed by atoms with E-state index in [4.69, 9.17) is 18.9 Å². The van der Waals surface area contributed by atoms with Gasteiger partial charge in [0.25, 0.3) is 0 Å². The molecule has 254 valence electrons. The van der Waals surface area contributed by atoms with Crippen LogP contribution in [-0.4, -0.2) is 65.3 Å². The summed E-state index contributed by atoms with van der Waals surface area (Å²) < 4.78 is 22.9. The molecule has 5 aliphatic rings. The van der Waals surface area contributed by atoms with E-state index in [-0.39, 0.29) is 77.4 Å². The molecule has 0 aromatic carbocycles. The van der Waals surface area contributed by atoms with Gasteiger partial charge in [0, 0.05) is 41.3 Å². The van der Waals surface area contributed by atoms with Crippen molar-refractivity contribution >= 4 is 23.1 Å². The first kappa shape index (κ1) is 33.5. The number of methoxy groups -OCH3 is 2. The van der Waals surface area contributed by atoms with Gasteiger partial charge in [0.05, 0.1) is 26.7 Å². The minimum absolute atomic E-state index is 0.0176. The van der Waals surface area contributed by atoms with Gasteiger partial charge in [-0.2, -0.15) is 0 Å². The van der Waals surface area contributed by atoms with Gasteiger partial charge >= 0.3 is 5.97 Å². The zero-order valence-corrected chi connectivity index (χ0v) is 28.1. The minimum Gasteiger partial charge on any atom is -0.498 e. The number of esters is 1. The second-order valence-electron chi connectivity index (χ2n) is 14.1. The highest BCUT2D eigenvalue weighted by molar-refractivity contribution is 6.24. The zero-order chi connectivity index (χ0) is 33.4. The molecule has 0 amide bonds. The number of nitrogens with zero attached hydrogens (tertiary/aromatic N) is 2. The number of aromatic nitrogens is 2. The molecule has 1 aliphatic heterocycles. The summed E-state index contributed by atoms with van der Waals surface area (Å²) in [6.07, 6.45) is 12.7. The lowest BCUT2D eigenvalue weighted by Gasteiger charge is -2.45. The first-order valence-corrected chi connectivity index (χ1v) is 17.3. The van der Waals surface area contributed by atoms with Crippen LogP contribution >= 0.6 is 0 Å². The van der Waals surface area contributed by atoms with Crippen molar-refractivity contribution in [3.63, 3.8) is 0 Å².